The van der Waals surface area contributed by atoms with Crippen molar-refractivity contribution in [3.05, 3.63) is 43.0 Å². The van der Waals surface area contributed by atoms with Crippen molar-refractivity contribution < 1.29 is 4.79 Å². The number of hydrogen-bond acceptors (Lipinski definition) is 5. The van der Waals surface area contributed by atoms with Crippen LogP contribution >= 0.6 is 27.3 Å². The summed E-state index contributed by atoms with van der Waals surface area (Å²) in [7, 11) is 1.67. The molecule has 1 atom stereocenters. The van der Waals surface area contributed by atoms with Crippen molar-refractivity contribution in [3.8, 4) is 0 Å². The lowest BCUT2D eigenvalue weighted by atomic mass is 9.89. The van der Waals surface area contributed by atoms with Gasteiger partial charge >= 0.3 is 0 Å². The molecule has 1 N–H and O–H groups in total. The van der Waals surface area contributed by atoms with E-state index in [1.807, 2.05) is 0 Å². The van der Waals surface area contributed by atoms with Gasteiger partial charge in [0.1, 0.15) is 16.3 Å². The van der Waals surface area contributed by atoms with Crippen LogP contribution in [0.15, 0.2) is 15.5 Å². The molecule has 0 spiro atoms. The molecule has 1 aliphatic rings. The van der Waals surface area contributed by atoms with E-state index in [0.717, 1.165) is 29.7 Å². The molecule has 0 saturated carbocycles. The van der Waals surface area contributed by atoms with Crippen molar-refractivity contribution in [1.29, 1.82) is 0 Å². The molecule has 0 bridgehead atoms. The number of halogens is 1. The molecule has 3 aromatic heterocycles. The number of carbonyl (C=O) groups is 1. The second kappa shape index (κ2) is 6.31. The van der Waals surface area contributed by atoms with Crippen LogP contribution in [0, 0.1) is 12.8 Å². The summed E-state index contributed by atoms with van der Waals surface area (Å²) < 4.78 is 3.27. The highest BCUT2D eigenvalue weighted by Crippen LogP contribution is 2.35. The van der Waals surface area contributed by atoms with E-state index in [4.69, 9.17) is 0 Å². The zero-order chi connectivity index (χ0) is 18.6. The van der Waals surface area contributed by atoms with Gasteiger partial charge in [-0.15, -0.1) is 11.3 Å². The van der Waals surface area contributed by atoms with Crippen LogP contribution in [0.3, 0.4) is 0 Å². The van der Waals surface area contributed by atoms with Crippen LogP contribution in [-0.4, -0.2) is 25.3 Å². The maximum Gasteiger partial charge on any atom is 0.289 e. The van der Waals surface area contributed by atoms with E-state index in [9.17, 15) is 9.59 Å². The highest BCUT2D eigenvalue weighted by atomic mass is 79.9. The molecule has 3 heterocycles. The van der Waals surface area contributed by atoms with E-state index >= 15 is 0 Å². The minimum atomic E-state index is -0.416. The first-order valence-corrected chi connectivity index (χ1v) is 10.0. The van der Waals surface area contributed by atoms with Crippen molar-refractivity contribution in [2.75, 3.05) is 5.43 Å². The van der Waals surface area contributed by atoms with E-state index in [1.165, 1.54) is 14.2 Å². The summed E-state index contributed by atoms with van der Waals surface area (Å²) in [5.41, 5.74) is 3.91. The predicted molar refractivity (Wildman–Crippen MR) is 104 cm³/mol. The number of nitrogens with zero attached hydrogens (tertiary/aromatic N) is 4. The monoisotopic (exact) mass is 435 g/mol. The third-order valence-corrected chi connectivity index (χ3v) is 6.55. The van der Waals surface area contributed by atoms with Crippen LogP contribution in [0.2, 0.25) is 0 Å². The molecule has 26 heavy (non-hydrogen) atoms. The Hall–Kier alpha value is -2.00. The first-order chi connectivity index (χ1) is 12.4. The number of aromatic nitrogens is 4. The fourth-order valence-electron chi connectivity index (χ4n) is 3.44. The van der Waals surface area contributed by atoms with Crippen LogP contribution in [0.5, 0.6) is 0 Å². The number of rotatable bonds is 2. The summed E-state index contributed by atoms with van der Waals surface area (Å²) >= 11 is 4.91. The van der Waals surface area contributed by atoms with Crippen molar-refractivity contribution in [2.45, 2.75) is 33.1 Å². The molecule has 1 amide bonds. The Morgan fingerprint density at radius 1 is 1.46 bits per heavy atom. The molecule has 0 aromatic carbocycles. The maximum atomic E-state index is 13.1. The van der Waals surface area contributed by atoms with Crippen LogP contribution in [0.25, 0.3) is 10.2 Å². The van der Waals surface area contributed by atoms with Gasteiger partial charge in [-0.2, -0.15) is 5.10 Å². The lowest BCUT2D eigenvalue weighted by Gasteiger charge is -2.17. The molecule has 4 rings (SSSR count). The highest BCUT2D eigenvalue weighted by Gasteiger charge is 2.25. The number of amides is 1. The lowest BCUT2D eigenvalue weighted by molar-refractivity contribution is 0.0996. The molecule has 7 nitrogen and oxygen atoms in total. The van der Waals surface area contributed by atoms with Crippen LogP contribution in [-0.2, 0) is 19.9 Å². The fraction of sp³-hybridized carbons (Fsp3) is 0.412. The molecule has 0 saturated heterocycles. The van der Waals surface area contributed by atoms with Gasteiger partial charge in [-0.1, -0.05) is 6.92 Å². The van der Waals surface area contributed by atoms with E-state index in [2.05, 4.69) is 38.4 Å². The summed E-state index contributed by atoms with van der Waals surface area (Å²) in [6, 6.07) is 0. The first-order valence-electron chi connectivity index (χ1n) is 8.39. The van der Waals surface area contributed by atoms with Gasteiger partial charge in [-0.25, -0.2) is 9.66 Å². The smallest absolute Gasteiger partial charge is 0.267 e. The molecule has 136 valence electrons. The van der Waals surface area contributed by atoms with E-state index in [1.54, 1.807) is 31.5 Å². The molecule has 0 fully saturated rings. The highest BCUT2D eigenvalue weighted by molar-refractivity contribution is 9.10. The summed E-state index contributed by atoms with van der Waals surface area (Å²) in [5, 5.41) is 4.68. The first kappa shape index (κ1) is 17.4. The summed E-state index contributed by atoms with van der Waals surface area (Å²) in [5.74, 6) is 0.669. The fourth-order valence-corrected chi connectivity index (χ4v) is 5.39. The zero-order valence-corrected chi connectivity index (χ0v) is 17.1. The number of carbonyl (C=O) groups excluding carboxylic acids is 1. The Morgan fingerprint density at radius 2 is 2.23 bits per heavy atom. The second-order valence-electron chi connectivity index (χ2n) is 6.74. The van der Waals surface area contributed by atoms with Gasteiger partial charge in [-0.05, 0) is 53.6 Å². The van der Waals surface area contributed by atoms with Gasteiger partial charge in [-0.3, -0.25) is 19.7 Å². The van der Waals surface area contributed by atoms with Gasteiger partial charge in [0.25, 0.3) is 11.5 Å². The average Bonchev–Trinajstić information content (AvgIpc) is 3.10. The number of thiophene rings is 1. The maximum absolute atomic E-state index is 13.1. The lowest BCUT2D eigenvalue weighted by Crippen LogP contribution is -2.36. The Morgan fingerprint density at radius 3 is 2.92 bits per heavy atom. The SMILES string of the molecule is Cc1nc2sc3c(c2c(=O)n1NC(=O)c1c(Br)cnn1C)CCC(C)C3. The molecule has 0 radical (unpaired) electrons. The third kappa shape index (κ3) is 2.69. The Balaban J connectivity index is 1.81. The van der Waals surface area contributed by atoms with Crippen molar-refractivity contribution in [2.24, 2.45) is 13.0 Å². The van der Waals surface area contributed by atoms with E-state index in [0.29, 0.717) is 27.3 Å². The molecule has 0 aliphatic heterocycles. The van der Waals surface area contributed by atoms with Crippen molar-refractivity contribution >= 4 is 43.4 Å². The minimum Gasteiger partial charge on any atom is -0.267 e. The number of aryl methyl sites for hydroxylation is 3. The van der Waals surface area contributed by atoms with Gasteiger partial charge in [0, 0.05) is 11.9 Å². The topological polar surface area (TPSA) is 81.8 Å². The summed E-state index contributed by atoms with van der Waals surface area (Å²) in [6.07, 6.45) is 4.49. The predicted octanol–water partition coefficient (Wildman–Crippen LogP) is 2.77. The number of hydrogen-bond donors (Lipinski definition) is 1. The standard InChI is InChI=1S/C17H18BrN5O2S/c1-8-4-5-10-12(6-8)26-16-13(10)17(25)23(9(2)20-16)21-15(24)14-11(18)7-19-22(14)3/h7-8H,4-6H2,1-3H3,(H,21,24). The van der Waals surface area contributed by atoms with Gasteiger partial charge < -0.3 is 0 Å². The normalized spacial score (nSPS) is 16.7. The Bertz CT molecular complexity index is 1080. The molecule has 1 aliphatic carbocycles. The Kier molecular flexibility index (Phi) is 4.23. The van der Waals surface area contributed by atoms with Crippen molar-refractivity contribution in [1.82, 2.24) is 19.4 Å². The minimum absolute atomic E-state index is 0.216. The van der Waals surface area contributed by atoms with Crippen LogP contribution < -0.4 is 11.0 Å². The number of fused-ring (bicyclic) bond motifs is 3. The molecule has 3 aromatic rings. The second-order valence-corrected chi connectivity index (χ2v) is 8.68. The van der Waals surface area contributed by atoms with E-state index < -0.39 is 5.91 Å². The quantitative estimate of drug-likeness (QED) is 0.670. The van der Waals surface area contributed by atoms with Crippen molar-refractivity contribution in [3.63, 3.8) is 0 Å². The summed E-state index contributed by atoms with van der Waals surface area (Å²) in [4.78, 5) is 32.4. The van der Waals surface area contributed by atoms with Gasteiger partial charge in [0.15, 0.2) is 0 Å². The molecular formula is C17H18BrN5O2S. The molecule has 1 unspecified atom stereocenters. The van der Waals surface area contributed by atoms with E-state index in [-0.39, 0.29) is 5.56 Å². The zero-order valence-electron chi connectivity index (χ0n) is 14.7. The molecule has 9 heteroatoms. The Labute approximate surface area is 162 Å². The number of nitrogens with one attached hydrogen (secondary N) is 1. The van der Waals surface area contributed by atoms with Gasteiger partial charge in [0.2, 0.25) is 0 Å². The van der Waals surface area contributed by atoms with Crippen LogP contribution in [0.1, 0.15) is 40.1 Å². The average molecular weight is 436 g/mol. The molecular weight excluding hydrogens is 418 g/mol. The van der Waals surface area contributed by atoms with Crippen LogP contribution in [0.4, 0.5) is 0 Å². The largest absolute Gasteiger partial charge is 0.289 e. The third-order valence-electron chi connectivity index (χ3n) is 4.82. The summed E-state index contributed by atoms with van der Waals surface area (Å²) in [6.45, 7) is 3.96. The van der Waals surface area contributed by atoms with Gasteiger partial charge in [0.05, 0.1) is 16.1 Å².